The van der Waals surface area contributed by atoms with Crippen LogP contribution in [0.15, 0.2) is 0 Å². The molecule has 6 nitrogen and oxygen atoms in total. The maximum Gasteiger partial charge on any atom is 0.214 e. The zero-order chi connectivity index (χ0) is 20.2. The number of carbonyl (C=O) groups is 1. The van der Waals surface area contributed by atoms with Crippen molar-refractivity contribution in [3.63, 3.8) is 0 Å². The summed E-state index contributed by atoms with van der Waals surface area (Å²) in [5.41, 5.74) is 4.92. The summed E-state index contributed by atoms with van der Waals surface area (Å²) in [4.78, 5) is 13.4. The van der Waals surface area contributed by atoms with E-state index in [4.69, 9.17) is 22.8 Å². The largest absolute Gasteiger partial charge is 0.330 e. The Labute approximate surface area is 164 Å². The quantitative estimate of drug-likeness (QED) is 0.496. The van der Waals surface area contributed by atoms with E-state index in [0.29, 0.717) is 18.7 Å². The molecule has 0 aromatic rings. The lowest BCUT2D eigenvalue weighted by molar-refractivity contribution is -0.117. The van der Waals surface area contributed by atoms with E-state index < -0.39 is 0 Å². The molecule has 0 heterocycles. The van der Waals surface area contributed by atoms with E-state index in [9.17, 15) is 4.79 Å². The van der Waals surface area contributed by atoms with Gasteiger partial charge in [-0.25, -0.2) is 6.57 Å². The second-order valence-electron chi connectivity index (χ2n) is 7.07. The Bertz CT molecular complexity index is 498. The molecule has 0 aliphatic heterocycles. The molecule has 0 unspecified atom stereocenters. The first-order valence-electron chi connectivity index (χ1n) is 10.2. The molecule has 2 rings (SSSR count). The highest BCUT2D eigenvalue weighted by molar-refractivity contribution is 5.80. The summed E-state index contributed by atoms with van der Waals surface area (Å²) in [5.74, 6) is 0.454. The number of nitriles is 2. The lowest BCUT2D eigenvalue weighted by Crippen LogP contribution is -2.41. The number of ketones is 1. The van der Waals surface area contributed by atoms with E-state index >= 15 is 0 Å². The summed E-state index contributed by atoms with van der Waals surface area (Å²) in [6.07, 6.45) is 12.8. The van der Waals surface area contributed by atoms with Gasteiger partial charge in [-0.05, 0) is 58.0 Å². The van der Waals surface area contributed by atoms with Gasteiger partial charge >= 0.3 is 0 Å². The number of Topliss-reactive ketones (excluding diaryl/α,β-unsaturated/α-hetero) is 1. The van der Waals surface area contributed by atoms with Crippen molar-refractivity contribution in [1.82, 2.24) is 5.32 Å². The Morgan fingerprint density at radius 1 is 1.07 bits per heavy atom. The van der Waals surface area contributed by atoms with Crippen molar-refractivity contribution in [2.24, 2.45) is 5.73 Å². The summed E-state index contributed by atoms with van der Waals surface area (Å²) in [5, 5.41) is 20.7. The fourth-order valence-electron chi connectivity index (χ4n) is 3.07. The van der Waals surface area contributed by atoms with E-state index in [1.807, 2.05) is 0 Å². The van der Waals surface area contributed by atoms with Gasteiger partial charge in [0.15, 0.2) is 0 Å². The number of nitrogens with zero attached hydrogens (tertiary/aromatic N) is 3. The lowest BCUT2D eigenvalue weighted by atomic mass is 10.00. The van der Waals surface area contributed by atoms with E-state index in [0.717, 1.165) is 77.3 Å². The van der Waals surface area contributed by atoms with Crippen LogP contribution < -0.4 is 11.1 Å². The minimum atomic E-state index is -0.243. The number of hydrogen-bond donors (Lipinski definition) is 2. The van der Waals surface area contributed by atoms with Crippen LogP contribution in [0.4, 0.5) is 0 Å². The molecule has 0 aromatic heterocycles. The van der Waals surface area contributed by atoms with Crippen LogP contribution in [0.5, 0.6) is 0 Å². The van der Waals surface area contributed by atoms with Crippen LogP contribution in [0.1, 0.15) is 83.5 Å². The molecule has 2 aliphatic carbocycles. The number of carbonyl (C=O) groups excluding carboxylic acids is 1. The fourth-order valence-corrected chi connectivity index (χ4v) is 3.07. The minimum Gasteiger partial charge on any atom is -0.330 e. The van der Waals surface area contributed by atoms with E-state index in [-0.39, 0.29) is 5.54 Å². The van der Waals surface area contributed by atoms with Gasteiger partial charge < -0.3 is 10.6 Å². The molecular formula is C21H35N5O. The molecule has 0 amide bonds. The Balaban J connectivity index is 0.000000432. The van der Waals surface area contributed by atoms with Crippen molar-refractivity contribution in [3.8, 4) is 12.1 Å². The third kappa shape index (κ3) is 13.9. The third-order valence-corrected chi connectivity index (χ3v) is 4.74. The normalized spacial score (nSPS) is 16.7. The summed E-state index contributed by atoms with van der Waals surface area (Å²) in [6, 6.07) is 4.52. The SMILES string of the molecule is N#CCCCCNC1(C#N)CCCC1.O=C1CCCC1.[C-]#[N+]CCCCN. The van der Waals surface area contributed by atoms with Crippen molar-refractivity contribution in [2.75, 3.05) is 19.6 Å². The van der Waals surface area contributed by atoms with E-state index in [1.165, 1.54) is 12.8 Å². The van der Waals surface area contributed by atoms with Gasteiger partial charge in [0, 0.05) is 25.7 Å². The molecule has 2 aliphatic rings. The Morgan fingerprint density at radius 3 is 2.19 bits per heavy atom. The van der Waals surface area contributed by atoms with Gasteiger partial charge in [-0.15, -0.1) is 0 Å². The number of nitrogens with one attached hydrogen (secondary N) is 1. The Hall–Kier alpha value is -1.94. The molecule has 0 saturated heterocycles. The molecular weight excluding hydrogens is 338 g/mol. The maximum atomic E-state index is 10.2. The molecule has 6 heteroatoms. The van der Waals surface area contributed by atoms with Crippen LogP contribution in [0.3, 0.4) is 0 Å². The van der Waals surface area contributed by atoms with Crippen LogP contribution in [0.2, 0.25) is 0 Å². The fraction of sp³-hybridized carbons (Fsp3) is 0.810. The monoisotopic (exact) mass is 373 g/mol. The second kappa shape index (κ2) is 17.5. The smallest absolute Gasteiger partial charge is 0.214 e. The Kier molecular flexibility index (Phi) is 16.2. The van der Waals surface area contributed by atoms with Gasteiger partial charge in [0.1, 0.15) is 11.3 Å². The number of nitrogens with two attached hydrogens (primary N) is 1. The molecule has 0 bridgehead atoms. The molecule has 3 N–H and O–H groups in total. The third-order valence-electron chi connectivity index (χ3n) is 4.74. The molecule has 0 atom stereocenters. The zero-order valence-corrected chi connectivity index (χ0v) is 16.6. The van der Waals surface area contributed by atoms with Crippen LogP contribution in [0, 0.1) is 29.2 Å². The lowest BCUT2D eigenvalue weighted by Gasteiger charge is -2.21. The van der Waals surface area contributed by atoms with Crippen molar-refractivity contribution < 1.29 is 4.79 Å². The average Bonchev–Trinajstić information content (AvgIpc) is 3.35. The van der Waals surface area contributed by atoms with E-state index in [1.54, 1.807) is 0 Å². The maximum absolute atomic E-state index is 10.2. The van der Waals surface area contributed by atoms with Gasteiger partial charge in [-0.3, -0.25) is 10.1 Å². The second-order valence-corrected chi connectivity index (χ2v) is 7.07. The molecule has 2 saturated carbocycles. The van der Waals surface area contributed by atoms with Crippen LogP contribution >= 0.6 is 0 Å². The Morgan fingerprint density at radius 2 is 1.74 bits per heavy atom. The first-order valence-corrected chi connectivity index (χ1v) is 10.2. The van der Waals surface area contributed by atoms with Crippen LogP contribution in [-0.2, 0) is 4.79 Å². The van der Waals surface area contributed by atoms with Gasteiger partial charge in [0.2, 0.25) is 6.54 Å². The minimum absolute atomic E-state index is 0.243. The predicted molar refractivity (Wildman–Crippen MR) is 108 cm³/mol. The molecule has 27 heavy (non-hydrogen) atoms. The summed E-state index contributed by atoms with van der Waals surface area (Å²) in [6.45, 7) is 8.59. The van der Waals surface area contributed by atoms with Crippen molar-refractivity contribution in [2.45, 2.75) is 89.0 Å². The number of rotatable bonds is 8. The van der Waals surface area contributed by atoms with Crippen LogP contribution in [0.25, 0.3) is 4.85 Å². The number of unbranched alkanes of at least 4 members (excludes halogenated alkanes) is 3. The van der Waals surface area contributed by atoms with Crippen molar-refractivity contribution >= 4 is 5.78 Å². The highest BCUT2D eigenvalue weighted by Crippen LogP contribution is 2.28. The van der Waals surface area contributed by atoms with Crippen molar-refractivity contribution in [3.05, 3.63) is 11.4 Å². The van der Waals surface area contributed by atoms with Crippen LogP contribution in [-0.4, -0.2) is 31.0 Å². The zero-order valence-electron chi connectivity index (χ0n) is 16.6. The standard InChI is InChI=1S/C11H17N3.C5H10N2.C5H8O/c12-8-4-1-5-9-14-11(10-13)6-2-3-7-11;1-7-5-3-2-4-6;6-5-3-1-2-4-5/h14H,1-7,9H2;2-6H2;1-4H2. The average molecular weight is 374 g/mol. The van der Waals surface area contributed by atoms with E-state index in [2.05, 4.69) is 22.3 Å². The highest BCUT2D eigenvalue weighted by atomic mass is 16.1. The molecule has 0 aromatic carbocycles. The van der Waals surface area contributed by atoms with Crippen molar-refractivity contribution in [1.29, 1.82) is 10.5 Å². The van der Waals surface area contributed by atoms with Gasteiger partial charge in [-0.1, -0.05) is 12.8 Å². The van der Waals surface area contributed by atoms with Gasteiger partial charge in [0.25, 0.3) is 0 Å². The molecule has 0 spiro atoms. The molecule has 150 valence electrons. The topological polar surface area (TPSA) is 107 Å². The predicted octanol–water partition coefficient (Wildman–Crippen LogP) is 3.88. The first kappa shape index (κ1) is 25.1. The van der Waals surface area contributed by atoms with Gasteiger partial charge in [-0.2, -0.15) is 10.5 Å². The molecule has 2 fully saturated rings. The summed E-state index contributed by atoms with van der Waals surface area (Å²) < 4.78 is 0. The summed E-state index contributed by atoms with van der Waals surface area (Å²) in [7, 11) is 0. The highest BCUT2D eigenvalue weighted by Gasteiger charge is 2.32. The molecule has 0 radical (unpaired) electrons. The first-order chi connectivity index (χ1) is 13.1. The van der Waals surface area contributed by atoms with Gasteiger partial charge in [0.05, 0.1) is 12.1 Å². The number of hydrogen-bond acceptors (Lipinski definition) is 5. The summed E-state index contributed by atoms with van der Waals surface area (Å²) >= 11 is 0.